The second-order valence-electron chi connectivity index (χ2n) is 9.32. The molecule has 1 aliphatic carbocycles. The van der Waals surface area contributed by atoms with E-state index in [0.717, 1.165) is 48.9 Å². The van der Waals surface area contributed by atoms with Gasteiger partial charge in [0, 0.05) is 49.9 Å². The first-order chi connectivity index (χ1) is 16.1. The molecule has 9 heteroatoms. The standard InChI is InChI=1S/C24H32N6O3/c1-29-8-3-9-30(2)21(31)14-33-20-10-18(6-7-19(20)32-13-16-4-5-16)28-24-22-17(12-29)11-25-23(22)26-15-27-24/h6-7,10,15-17H,3-5,8-9,11-14H2,1-2H3,(H2,25,26,27,28). The van der Waals surface area contributed by atoms with Gasteiger partial charge in [-0.2, -0.15) is 0 Å². The van der Waals surface area contributed by atoms with Crippen LogP contribution in [0.25, 0.3) is 0 Å². The first kappa shape index (κ1) is 21.8. The van der Waals surface area contributed by atoms with Crippen LogP contribution in [0.3, 0.4) is 0 Å². The van der Waals surface area contributed by atoms with Crippen molar-refractivity contribution >= 4 is 23.2 Å². The highest BCUT2D eigenvalue weighted by Crippen LogP contribution is 2.38. The lowest BCUT2D eigenvalue weighted by Gasteiger charge is -2.24. The molecule has 2 N–H and O–H groups in total. The lowest BCUT2D eigenvalue weighted by Crippen LogP contribution is -2.34. The van der Waals surface area contributed by atoms with Crippen LogP contribution in [-0.2, 0) is 4.79 Å². The normalized spacial score (nSPS) is 21.6. The fourth-order valence-corrected chi connectivity index (χ4v) is 4.37. The minimum atomic E-state index is -0.0426. The number of carbonyl (C=O) groups is 1. The smallest absolute Gasteiger partial charge is 0.260 e. The van der Waals surface area contributed by atoms with Gasteiger partial charge in [0.05, 0.1) is 6.61 Å². The topological polar surface area (TPSA) is 91.9 Å². The number of carbonyl (C=O) groups excluding carboxylic acids is 1. The molecule has 1 amide bonds. The average molecular weight is 453 g/mol. The number of benzene rings is 1. The van der Waals surface area contributed by atoms with E-state index in [9.17, 15) is 4.79 Å². The maximum Gasteiger partial charge on any atom is 0.260 e. The van der Waals surface area contributed by atoms with Crippen LogP contribution in [-0.4, -0.2) is 79.2 Å². The SMILES string of the molecule is CN1CCCN(C)C(=O)COc2cc(ccc2OCC2CC2)Nc2ncnc3c2C(CN3)C1. The number of amides is 1. The van der Waals surface area contributed by atoms with E-state index in [1.54, 1.807) is 11.2 Å². The van der Waals surface area contributed by atoms with Gasteiger partial charge in [0.1, 0.15) is 18.0 Å². The Morgan fingerprint density at radius 2 is 2.03 bits per heavy atom. The number of aromatic nitrogens is 2. The molecule has 0 saturated heterocycles. The van der Waals surface area contributed by atoms with E-state index in [2.05, 4.69) is 32.5 Å². The third-order valence-electron chi connectivity index (χ3n) is 6.53. The molecular formula is C24H32N6O3. The van der Waals surface area contributed by atoms with Gasteiger partial charge < -0.3 is 29.9 Å². The number of fused-ring (bicyclic) bond motifs is 2. The summed E-state index contributed by atoms with van der Waals surface area (Å²) in [5.41, 5.74) is 1.94. The lowest BCUT2D eigenvalue weighted by molar-refractivity contribution is -0.132. The van der Waals surface area contributed by atoms with Crippen LogP contribution < -0.4 is 20.1 Å². The Balaban J connectivity index is 1.46. The summed E-state index contributed by atoms with van der Waals surface area (Å²) in [6.07, 6.45) is 4.90. The van der Waals surface area contributed by atoms with Crippen LogP contribution >= 0.6 is 0 Å². The molecule has 1 unspecified atom stereocenters. The van der Waals surface area contributed by atoms with Crippen LogP contribution in [0.4, 0.5) is 17.3 Å². The number of nitrogens with zero attached hydrogens (tertiary/aromatic N) is 4. The molecule has 1 aromatic heterocycles. The number of ether oxygens (including phenoxy) is 2. The van der Waals surface area contributed by atoms with Crippen molar-refractivity contribution in [2.45, 2.75) is 25.2 Å². The minimum absolute atomic E-state index is 0.0233. The van der Waals surface area contributed by atoms with E-state index >= 15 is 0 Å². The van der Waals surface area contributed by atoms with Crippen molar-refractivity contribution < 1.29 is 14.3 Å². The highest BCUT2D eigenvalue weighted by Gasteiger charge is 2.29. The monoisotopic (exact) mass is 452 g/mol. The van der Waals surface area contributed by atoms with E-state index < -0.39 is 0 Å². The van der Waals surface area contributed by atoms with Gasteiger partial charge in [0.15, 0.2) is 18.1 Å². The van der Waals surface area contributed by atoms with E-state index in [1.165, 1.54) is 12.8 Å². The third-order valence-corrected chi connectivity index (χ3v) is 6.53. The summed E-state index contributed by atoms with van der Waals surface area (Å²) in [5.74, 6) is 3.77. The highest BCUT2D eigenvalue weighted by atomic mass is 16.5. The predicted molar refractivity (Wildman–Crippen MR) is 126 cm³/mol. The molecule has 9 nitrogen and oxygen atoms in total. The fraction of sp³-hybridized carbons (Fsp3) is 0.542. The van der Waals surface area contributed by atoms with Gasteiger partial charge in [0.2, 0.25) is 0 Å². The Morgan fingerprint density at radius 1 is 1.18 bits per heavy atom. The summed E-state index contributed by atoms with van der Waals surface area (Å²) in [5, 5.41) is 6.88. The molecule has 1 atom stereocenters. The molecule has 2 aromatic rings. The van der Waals surface area contributed by atoms with Crippen LogP contribution in [0.5, 0.6) is 11.5 Å². The van der Waals surface area contributed by atoms with E-state index in [4.69, 9.17) is 9.47 Å². The Kier molecular flexibility index (Phi) is 6.22. The van der Waals surface area contributed by atoms with Crippen molar-refractivity contribution in [2.75, 3.05) is 64.1 Å². The summed E-state index contributed by atoms with van der Waals surface area (Å²) in [7, 11) is 3.95. The molecule has 176 valence electrons. The Hall–Kier alpha value is -3.07. The zero-order valence-corrected chi connectivity index (χ0v) is 19.3. The summed E-state index contributed by atoms with van der Waals surface area (Å²) in [4.78, 5) is 25.7. The molecule has 1 fully saturated rings. The number of hydrogen-bond donors (Lipinski definition) is 2. The Bertz CT molecular complexity index is 1010. The Morgan fingerprint density at radius 3 is 2.88 bits per heavy atom. The van der Waals surface area contributed by atoms with Gasteiger partial charge in [-0.1, -0.05) is 0 Å². The first-order valence-corrected chi connectivity index (χ1v) is 11.7. The van der Waals surface area contributed by atoms with Crippen LogP contribution in [0.15, 0.2) is 24.5 Å². The van der Waals surface area contributed by atoms with Crippen molar-refractivity contribution in [3.8, 4) is 11.5 Å². The molecule has 3 heterocycles. The molecule has 33 heavy (non-hydrogen) atoms. The van der Waals surface area contributed by atoms with Crippen LogP contribution in [0.1, 0.15) is 30.7 Å². The zero-order valence-electron chi connectivity index (χ0n) is 19.3. The maximum absolute atomic E-state index is 12.6. The largest absolute Gasteiger partial charge is 0.489 e. The molecule has 3 aliphatic rings. The maximum atomic E-state index is 12.6. The lowest BCUT2D eigenvalue weighted by atomic mass is 10.0. The second-order valence-corrected chi connectivity index (χ2v) is 9.32. The van der Waals surface area contributed by atoms with E-state index in [-0.39, 0.29) is 18.4 Å². The summed E-state index contributed by atoms with van der Waals surface area (Å²) in [6.45, 7) is 3.96. The van der Waals surface area contributed by atoms with E-state index in [0.29, 0.717) is 30.6 Å². The molecule has 2 bridgehead atoms. The predicted octanol–water partition coefficient (Wildman–Crippen LogP) is 2.69. The van der Waals surface area contributed by atoms with Crippen molar-refractivity contribution in [3.63, 3.8) is 0 Å². The number of likely N-dealkylation sites (N-methyl/N-ethyl adjacent to an activating group) is 2. The van der Waals surface area contributed by atoms with Gasteiger partial charge in [0.25, 0.3) is 5.91 Å². The van der Waals surface area contributed by atoms with Crippen LogP contribution in [0.2, 0.25) is 0 Å². The van der Waals surface area contributed by atoms with Gasteiger partial charge in [-0.05, 0) is 50.9 Å². The van der Waals surface area contributed by atoms with Crippen molar-refractivity contribution in [1.29, 1.82) is 0 Å². The average Bonchev–Trinajstić information content (AvgIpc) is 3.55. The molecule has 0 radical (unpaired) electrons. The minimum Gasteiger partial charge on any atom is -0.489 e. The quantitative estimate of drug-likeness (QED) is 0.735. The molecule has 1 saturated carbocycles. The summed E-state index contributed by atoms with van der Waals surface area (Å²) < 4.78 is 12.0. The summed E-state index contributed by atoms with van der Waals surface area (Å²) >= 11 is 0. The molecular weight excluding hydrogens is 420 g/mol. The van der Waals surface area contributed by atoms with Crippen molar-refractivity contribution in [3.05, 3.63) is 30.1 Å². The molecule has 1 aromatic carbocycles. The first-order valence-electron chi connectivity index (χ1n) is 11.7. The molecule has 2 aliphatic heterocycles. The second kappa shape index (κ2) is 9.43. The van der Waals surface area contributed by atoms with Gasteiger partial charge in [-0.25, -0.2) is 9.97 Å². The number of nitrogens with one attached hydrogen (secondary N) is 2. The molecule has 0 spiro atoms. The molecule has 5 rings (SSSR count). The van der Waals surface area contributed by atoms with E-state index in [1.807, 2.05) is 25.2 Å². The van der Waals surface area contributed by atoms with Crippen molar-refractivity contribution in [2.24, 2.45) is 5.92 Å². The van der Waals surface area contributed by atoms with Gasteiger partial charge in [-0.3, -0.25) is 4.79 Å². The van der Waals surface area contributed by atoms with Crippen molar-refractivity contribution in [1.82, 2.24) is 19.8 Å². The van der Waals surface area contributed by atoms with Gasteiger partial charge >= 0.3 is 0 Å². The van der Waals surface area contributed by atoms with Gasteiger partial charge in [-0.15, -0.1) is 0 Å². The Labute approximate surface area is 194 Å². The highest BCUT2D eigenvalue weighted by molar-refractivity contribution is 5.77. The number of hydrogen-bond acceptors (Lipinski definition) is 8. The third kappa shape index (κ3) is 5.13. The fourth-order valence-electron chi connectivity index (χ4n) is 4.37. The summed E-state index contributed by atoms with van der Waals surface area (Å²) in [6, 6.07) is 5.76. The number of anilines is 3. The number of rotatable bonds is 3. The van der Waals surface area contributed by atoms with Crippen LogP contribution in [0, 0.1) is 5.92 Å². The zero-order chi connectivity index (χ0) is 22.8.